The molecule has 0 N–H and O–H groups in total. The number of amides is 1. The molecule has 32 heavy (non-hydrogen) atoms. The molecule has 1 aromatic carbocycles. The summed E-state index contributed by atoms with van der Waals surface area (Å²) in [5.41, 5.74) is 1.22. The van der Waals surface area contributed by atoms with Gasteiger partial charge in [0, 0.05) is 49.0 Å². The van der Waals surface area contributed by atoms with Crippen LogP contribution in [0.25, 0.3) is 11.1 Å². The maximum Gasteiger partial charge on any atom is 0.226 e. The van der Waals surface area contributed by atoms with Crippen LogP contribution in [0.4, 0.5) is 14.5 Å². The molecule has 0 atom stereocenters. The number of pyridine rings is 2. The lowest BCUT2D eigenvalue weighted by molar-refractivity contribution is -0.118. The van der Waals surface area contributed by atoms with Gasteiger partial charge >= 0.3 is 0 Å². The standard InChI is InChI=1S/C24H23F2N3O3/c1-4-21(31)29(2)19-11-9-17(22(25)23(19)26)16-7-10-18(28-14-16)20(30)12-8-15-6-5-13-27-24(15)32-3/h5-7,9-11,13-14H,4,8,12H2,1-3H3. The van der Waals surface area contributed by atoms with E-state index >= 15 is 0 Å². The maximum atomic E-state index is 14.7. The third-order valence-corrected chi connectivity index (χ3v) is 5.12. The van der Waals surface area contributed by atoms with Crippen molar-refractivity contribution in [2.45, 2.75) is 26.2 Å². The molecule has 2 aromatic heterocycles. The zero-order valence-electron chi connectivity index (χ0n) is 18.1. The Morgan fingerprint density at radius 3 is 2.50 bits per heavy atom. The number of ether oxygens (including phenoxy) is 1. The zero-order valence-corrected chi connectivity index (χ0v) is 18.1. The minimum Gasteiger partial charge on any atom is -0.481 e. The third kappa shape index (κ3) is 4.80. The number of hydrogen-bond acceptors (Lipinski definition) is 5. The molecule has 0 spiro atoms. The highest BCUT2D eigenvalue weighted by atomic mass is 19.2. The van der Waals surface area contributed by atoms with Gasteiger partial charge in [0.15, 0.2) is 17.4 Å². The fraction of sp³-hybridized carbons (Fsp3) is 0.250. The van der Waals surface area contributed by atoms with Crippen molar-refractivity contribution in [2.24, 2.45) is 0 Å². The first-order chi connectivity index (χ1) is 15.4. The van der Waals surface area contributed by atoms with Crippen molar-refractivity contribution in [3.8, 4) is 17.0 Å². The summed E-state index contributed by atoms with van der Waals surface area (Å²) in [6, 6.07) is 9.34. The first kappa shape index (κ1) is 23.0. The normalized spacial score (nSPS) is 10.7. The van der Waals surface area contributed by atoms with Crippen molar-refractivity contribution in [2.75, 3.05) is 19.1 Å². The average molecular weight is 439 g/mol. The average Bonchev–Trinajstić information content (AvgIpc) is 2.83. The molecule has 2 heterocycles. The Kier molecular flexibility index (Phi) is 7.25. The van der Waals surface area contributed by atoms with Crippen LogP contribution in [-0.2, 0) is 11.2 Å². The minimum absolute atomic E-state index is 0.00445. The number of aromatic nitrogens is 2. The predicted octanol–water partition coefficient (Wildman–Crippen LogP) is 4.62. The molecule has 0 bridgehead atoms. The van der Waals surface area contributed by atoms with Crippen LogP contribution in [0.1, 0.15) is 35.8 Å². The monoisotopic (exact) mass is 439 g/mol. The molecule has 6 nitrogen and oxygen atoms in total. The second-order valence-electron chi connectivity index (χ2n) is 7.09. The lowest BCUT2D eigenvalue weighted by Crippen LogP contribution is -2.26. The quantitative estimate of drug-likeness (QED) is 0.479. The number of nitrogens with zero attached hydrogens (tertiary/aromatic N) is 3. The highest BCUT2D eigenvalue weighted by molar-refractivity contribution is 5.95. The van der Waals surface area contributed by atoms with E-state index in [1.165, 1.54) is 44.6 Å². The van der Waals surface area contributed by atoms with Gasteiger partial charge in [-0.1, -0.05) is 19.1 Å². The van der Waals surface area contributed by atoms with E-state index in [1.807, 2.05) is 6.07 Å². The van der Waals surface area contributed by atoms with Gasteiger partial charge in [-0.05, 0) is 30.7 Å². The Bertz CT molecular complexity index is 1130. The molecule has 8 heteroatoms. The molecule has 166 valence electrons. The van der Waals surface area contributed by atoms with Crippen molar-refractivity contribution in [1.82, 2.24) is 9.97 Å². The summed E-state index contributed by atoms with van der Waals surface area (Å²) in [4.78, 5) is 33.6. The Morgan fingerprint density at radius 2 is 1.84 bits per heavy atom. The number of benzene rings is 1. The van der Waals surface area contributed by atoms with E-state index < -0.39 is 11.6 Å². The maximum absolute atomic E-state index is 14.7. The highest BCUT2D eigenvalue weighted by Gasteiger charge is 2.20. The number of anilines is 1. The third-order valence-electron chi connectivity index (χ3n) is 5.12. The fourth-order valence-corrected chi connectivity index (χ4v) is 3.29. The van der Waals surface area contributed by atoms with Crippen molar-refractivity contribution >= 4 is 17.4 Å². The summed E-state index contributed by atoms with van der Waals surface area (Å²) in [5.74, 6) is -2.25. The second-order valence-corrected chi connectivity index (χ2v) is 7.09. The number of hydrogen-bond donors (Lipinski definition) is 0. The van der Waals surface area contributed by atoms with Gasteiger partial charge in [0.1, 0.15) is 5.69 Å². The largest absolute Gasteiger partial charge is 0.481 e. The molecular formula is C24H23F2N3O3. The molecule has 0 saturated carbocycles. The lowest BCUT2D eigenvalue weighted by Gasteiger charge is -2.18. The van der Waals surface area contributed by atoms with Gasteiger partial charge in [-0.3, -0.25) is 14.6 Å². The van der Waals surface area contributed by atoms with Crippen LogP contribution in [-0.4, -0.2) is 35.8 Å². The summed E-state index contributed by atoms with van der Waals surface area (Å²) < 4.78 is 34.4. The van der Waals surface area contributed by atoms with Gasteiger partial charge in [-0.2, -0.15) is 0 Å². The Hall–Kier alpha value is -3.68. The molecule has 0 saturated heterocycles. The van der Waals surface area contributed by atoms with E-state index in [4.69, 9.17) is 4.74 Å². The molecule has 0 aliphatic rings. The lowest BCUT2D eigenvalue weighted by atomic mass is 10.0. The highest BCUT2D eigenvalue weighted by Crippen LogP contribution is 2.30. The van der Waals surface area contributed by atoms with E-state index in [1.54, 1.807) is 19.2 Å². The van der Waals surface area contributed by atoms with Gasteiger partial charge in [0.2, 0.25) is 11.8 Å². The molecular weight excluding hydrogens is 416 g/mol. The number of aryl methyl sites for hydroxylation is 1. The minimum atomic E-state index is -1.11. The molecule has 0 radical (unpaired) electrons. The Morgan fingerprint density at radius 1 is 1.06 bits per heavy atom. The Balaban J connectivity index is 1.76. The van der Waals surface area contributed by atoms with E-state index in [0.29, 0.717) is 17.9 Å². The summed E-state index contributed by atoms with van der Waals surface area (Å²) in [6.45, 7) is 1.64. The van der Waals surface area contributed by atoms with E-state index in [-0.39, 0.29) is 41.5 Å². The fourth-order valence-electron chi connectivity index (χ4n) is 3.29. The van der Waals surface area contributed by atoms with Crippen LogP contribution in [0.3, 0.4) is 0 Å². The summed E-state index contributed by atoms with van der Waals surface area (Å²) in [5, 5.41) is 0. The first-order valence-corrected chi connectivity index (χ1v) is 10.1. The van der Waals surface area contributed by atoms with Gasteiger partial charge < -0.3 is 9.64 Å². The molecule has 0 unspecified atom stereocenters. The van der Waals surface area contributed by atoms with Gasteiger partial charge in [-0.25, -0.2) is 13.8 Å². The van der Waals surface area contributed by atoms with E-state index in [0.717, 1.165) is 10.5 Å². The number of rotatable bonds is 8. The van der Waals surface area contributed by atoms with E-state index in [2.05, 4.69) is 9.97 Å². The molecule has 0 aliphatic heterocycles. The summed E-state index contributed by atoms with van der Waals surface area (Å²) in [6.07, 6.45) is 3.75. The smallest absolute Gasteiger partial charge is 0.226 e. The van der Waals surface area contributed by atoms with Gasteiger partial charge in [-0.15, -0.1) is 0 Å². The van der Waals surface area contributed by atoms with Crippen LogP contribution >= 0.6 is 0 Å². The van der Waals surface area contributed by atoms with Crippen LogP contribution in [0.2, 0.25) is 0 Å². The van der Waals surface area contributed by atoms with Crippen LogP contribution in [0.5, 0.6) is 5.88 Å². The predicted molar refractivity (Wildman–Crippen MR) is 117 cm³/mol. The van der Waals surface area contributed by atoms with Gasteiger partial charge in [0.25, 0.3) is 0 Å². The van der Waals surface area contributed by atoms with Crippen molar-refractivity contribution in [1.29, 1.82) is 0 Å². The number of Topliss-reactive ketones (excluding diaryl/α,β-unsaturated/α-hetero) is 1. The number of halogens is 2. The van der Waals surface area contributed by atoms with Crippen LogP contribution in [0.15, 0.2) is 48.8 Å². The second kappa shape index (κ2) is 10.1. The number of ketones is 1. The van der Waals surface area contributed by atoms with Crippen LogP contribution < -0.4 is 9.64 Å². The van der Waals surface area contributed by atoms with Crippen molar-refractivity contribution in [3.63, 3.8) is 0 Å². The number of carbonyl (C=O) groups is 2. The van der Waals surface area contributed by atoms with E-state index in [9.17, 15) is 18.4 Å². The van der Waals surface area contributed by atoms with Crippen molar-refractivity contribution in [3.05, 3.63) is 71.7 Å². The summed E-state index contributed by atoms with van der Waals surface area (Å²) in [7, 11) is 2.91. The first-order valence-electron chi connectivity index (χ1n) is 10.1. The molecule has 1 amide bonds. The Labute approximate surface area is 184 Å². The topological polar surface area (TPSA) is 72.4 Å². The number of carbonyl (C=O) groups excluding carboxylic acids is 2. The molecule has 3 rings (SSSR count). The molecule has 0 aliphatic carbocycles. The van der Waals surface area contributed by atoms with Gasteiger partial charge in [0.05, 0.1) is 12.8 Å². The molecule has 3 aromatic rings. The number of methoxy groups -OCH3 is 1. The zero-order chi connectivity index (χ0) is 23.3. The van der Waals surface area contributed by atoms with Crippen LogP contribution in [0, 0.1) is 11.6 Å². The molecule has 0 fully saturated rings. The SMILES string of the molecule is CCC(=O)N(C)c1ccc(-c2ccc(C(=O)CCc3cccnc3OC)nc2)c(F)c1F. The summed E-state index contributed by atoms with van der Waals surface area (Å²) >= 11 is 0. The van der Waals surface area contributed by atoms with Crippen molar-refractivity contribution < 1.29 is 23.1 Å².